The van der Waals surface area contributed by atoms with Crippen molar-refractivity contribution in [2.24, 2.45) is 11.8 Å². The lowest BCUT2D eigenvalue weighted by atomic mass is 9.96. The highest BCUT2D eigenvalue weighted by atomic mass is 35.5. The quantitative estimate of drug-likeness (QED) is 0.872. The molecule has 0 amide bonds. The molecule has 0 saturated carbocycles. The monoisotopic (exact) mass is 316 g/mol. The molecule has 1 aliphatic rings. The van der Waals surface area contributed by atoms with Gasteiger partial charge in [-0.15, -0.1) is 0 Å². The number of rotatable bonds is 3. The molecule has 0 radical (unpaired) electrons. The van der Waals surface area contributed by atoms with E-state index in [-0.39, 0.29) is 4.90 Å². The van der Waals surface area contributed by atoms with Crippen LogP contribution in [0, 0.1) is 18.8 Å². The minimum atomic E-state index is -3.48. The average Bonchev–Trinajstić information content (AvgIpc) is 2.83. The highest BCUT2D eigenvalue weighted by Crippen LogP contribution is 2.32. The topological polar surface area (TPSA) is 63.4 Å². The Morgan fingerprint density at radius 1 is 1.40 bits per heavy atom. The van der Waals surface area contributed by atoms with E-state index in [1.54, 1.807) is 17.3 Å². The van der Waals surface area contributed by atoms with Crippen LogP contribution in [0.25, 0.3) is 0 Å². The summed E-state index contributed by atoms with van der Waals surface area (Å²) in [6.45, 7) is 7.17. The van der Waals surface area contributed by atoms with E-state index in [9.17, 15) is 8.42 Å². The molecule has 4 nitrogen and oxygen atoms in total. The zero-order valence-corrected chi connectivity index (χ0v) is 13.6. The Hall–Kier alpha value is -0.780. The van der Waals surface area contributed by atoms with E-state index in [2.05, 4.69) is 13.8 Å². The first-order chi connectivity index (χ1) is 9.23. The van der Waals surface area contributed by atoms with E-state index in [4.69, 9.17) is 17.3 Å². The number of nitrogens with zero attached hydrogens (tertiary/aromatic N) is 1. The number of halogens is 1. The molecule has 0 bridgehead atoms. The molecule has 0 aliphatic carbocycles. The third-order valence-electron chi connectivity index (χ3n) is 4.04. The van der Waals surface area contributed by atoms with Crippen LogP contribution in [-0.4, -0.2) is 25.8 Å². The predicted octanol–water partition coefficient (Wildman–Crippen LogP) is 2.90. The van der Waals surface area contributed by atoms with Crippen molar-refractivity contribution >= 4 is 27.3 Å². The Kier molecular flexibility index (Phi) is 4.33. The lowest BCUT2D eigenvalue weighted by molar-refractivity contribution is 0.388. The van der Waals surface area contributed by atoms with Crippen molar-refractivity contribution in [2.45, 2.75) is 32.1 Å². The molecule has 1 fully saturated rings. The fourth-order valence-electron chi connectivity index (χ4n) is 2.60. The Morgan fingerprint density at radius 3 is 2.60 bits per heavy atom. The standard InChI is InChI=1S/C14H21ClN2O2S/c1-9(2)11-4-5-17(8-11)20(18,19)14-7-13(16)12(15)6-10(14)3/h6-7,9,11H,4-5,8,16H2,1-3H3. The number of hydrogen-bond acceptors (Lipinski definition) is 3. The van der Waals surface area contributed by atoms with Crippen molar-refractivity contribution in [1.29, 1.82) is 0 Å². The van der Waals surface area contributed by atoms with Crippen LogP contribution in [0.4, 0.5) is 5.69 Å². The summed E-state index contributed by atoms with van der Waals surface area (Å²) in [7, 11) is -3.48. The molecule has 2 N–H and O–H groups in total. The van der Waals surface area contributed by atoms with Gasteiger partial charge in [-0.1, -0.05) is 25.4 Å². The molecule has 1 unspecified atom stereocenters. The minimum Gasteiger partial charge on any atom is -0.397 e. The second kappa shape index (κ2) is 5.54. The molecular formula is C14H21ClN2O2S. The van der Waals surface area contributed by atoms with Gasteiger partial charge < -0.3 is 5.73 Å². The van der Waals surface area contributed by atoms with Gasteiger partial charge in [0.1, 0.15) is 0 Å². The van der Waals surface area contributed by atoms with Crippen LogP contribution in [0.5, 0.6) is 0 Å². The highest BCUT2D eigenvalue weighted by molar-refractivity contribution is 7.89. The summed E-state index contributed by atoms with van der Waals surface area (Å²) in [6, 6.07) is 3.08. The first-order valence-corrected chi connectivity index (χ1v) is 8.61. The fraction of sp³-hybridized carbons (Fsp3) is 0.571. The SMILES string of the molecule is Cc1cc(Cl)c(N)cc1S(=O)(=O)N1CCC(C(C)C)C1. The summed E-state index contributed by atoms with van der Waals surface area (Å²) in [5, 5.41) is 0.392. The summed E-state index contributed by atoms with van der Waals surface area (Å²) in [5.41, 5.74) is 6.68. The summed E-state index contributed by atoms with van der Waals surface area (Å²) in [4.78, 5) is 0.267. The maximum Gasteiger partial charge on any atom is 0.243 e. The van der Waals surface area contributed by atoms with Gasteiger partial charge >= 0.3 is 0 Å². The maximum atomic E-state index is 12.7. The van der Waals surface area contributed by atoms with Crippen molar-refractivity contribution in [2.75, 3.05) is 18.8 Å². The molecule has 2 rings (SSSR count). The lowest BCUT2D eigenvalue weighted by Crippen LogP contribution is -2.30. The van der Waals surface area contributed by atoms with Gasteiger partial charge in [-0.05, 0) is 42.9 Å². The molecule has 20 heavy (non-hydrogen) atoms. The van der Waals surface area contributed by atoms with Gasteiger partial charge in [0.15, 0.2) is 0 Å². The molecule has 1 aromatic rings. The van der Waals surface area contributed by atoms with Gasteiger partial charge in [0.2, 0.25) is 10.0 Å². The van der Waals surface area contributed by atoms with Gasteiger partial charge in [0, 0.05) is 13.1 Å². The molecule has 0 spiro atoms. The maximum absolute atomic E-state index is 12.7. The van der Waals surface area contributed by atoms with Gasteiger partial charge in [-0.25, -0.2) is 8.42 Å². The van der Waals surface area contributed by atoms with Crippen LogP contribution in [0.3, 0.4) is 0 Å². The van der Waals surface area contributed by atoms with Crippen LogP contribution >= 0.6 is 11.6 Å². The van der Waals surface area contributed by atoms with Crippen molar-refractivity contribution in [3.63, 3.8) is 0 Å². The van der Waals surface area contributed by atoms with Crippen LogP contribution in [0.15, 0.2) is 17.0 Å². The number of aryl methyl sites for hydroxylation is 1. The van der Waals surface area contributed by atoms with E-state index in [1.165, 1.54) is 6.07 Å². The molecule has 1 aromatic carbocycles. The van der Waals surface area contributed by atoms with E-state index < -0.39 is 10.0 Å². The summed E-state index contributed by atoms with van der Waals surface area (Å²) < 4.78 is 27.0. The highest BCUT2D eigenvalue weighted by Gasteiger charge is 2.34. The van der Waals surface area contributed by atoms with Crippen LogP contribution in [-0.2, 0) is 10.0 Å². The number of nitrogen functional groups attached to an aromatic ring is 1. The molecule has 6 heteroatoms. The number of benzene rings is 1. The van der Waals surface area contributed by atoms with Crippen molar-refractivity contribution in [1.82, 2.24) is 4.31 Å². The van der Waals surface area contributed by atoms with E-state index in [1.807, 2.05) is 0 Å². The lowest BCUT2D eigenvalue weighted by Gasteiger charge is -2.19. The molecule has 112 valence electrons. The molecule has 1 atom stereocenters. The van der Waals surface area contributed by atoms with Crippen molar-refractivity contribution in [3.8, 4) is 0 Å². The first-order valence-electron chi connectivity index (χ1n) is 6.79. The zero-order valence-electron chi connectivity index (χ0n) is 12.1. The smallest absolute Gasteiger partial charge is 0.243 e. The number of hydrogen-bond donors (Lipinski definition) is 1. The van der Waals surface area contributed by atoms with E-state index >= 15 is 0 Å². The Balaban J connectivity index is 2.35. The molecule has 1 aliphatic heterocycles. The molecule has 0 aromatic heterocycles. The summed E-state index contributed by atoms with van der Waals surface area (Å²) >= 11 is 5.93. The van der Waals surface area contributed by atoms with Crippen molar-refractivity contribution in [3.05, 3.63) is 22.7 Å². The third-order valence-corrected chi connectivity index (χ3v) is 6.38. The zero-order chi connectivity index (χ0) is 15.1. The molecule has 1 heterocycles. The van der Waals surface area contributed by atoms with E-state index in [0.29, 0.717) is 41.2 Å². The second-order valence-corrected chi connectivity index (χ2v) is 8.11. The first kappa shape index (κ1) is 15.6. The largest absolute Gasteiger partial charge is 0.397 e. The second-order valence-electron chi connectivity index (χ2n) is 5.80. The predicted molar refractivity (Wildman–Crippen MR) is 82.3 cm³/mol. The van der Waals surface area contributed by atoms with E-state index in [0.717, 1.165) is 6.42 Å². The van der Waals surface area contributed by atoms with Gasteiger partial charge in [-0.3, -0.25) is 0 Å². The minimum absolute atomic E-state index is 0.267. The van der Waals surface area contributed by atoms with Crippen LogP contribution in [0.1, 0.15) is 25.8 Å². The Bertz CT molecular complexity index is 614. The van der Waals surface area contributed by atoms with Crippen molar-refractivity contribution < 1.29 is 8.42 Å². The van der Waals surface area contributed by atoms with Gasteiger partial charge in [0.25, 0.3) is 0 Å². The molecule has 1 saturated heterocycles. The normalized spacial score (nSPS) is 20.8. The number of sulfonamides is 1. The number of nitrogens with two attached hydrogens (primary N) is 1. The molecular weight excluding hydrogens is 296 g/mol. The summed E-state index contributed by atoms with van der Waals surface area (Å²) in [6.07, 6.45) is 0.916. The van der Waals surface area contributed by atoms with Gasteiger partial charge in [-0.2, -0.15) is 4.31 Å². The van der Waals surface area contributed by atoms with Crippen LogP contribution < -0.4 is 5.73 Å². The fourth-order valence-corrected chi connectivity index (χ4v) is 4.57. The average molecular weight is 317 g/mol. The van der Waals surface area contributed by atoms with Gasteiger partial charge in [0.05, 0.1) is 15.6 Å². The third kappa shape index (κ3) is 2.80. The van der Waals surface area contributed by atoms with Crippen LogP contribution in [0.2, 0.25) is 5.02 Å². The Labute approximate surface area is 126 Å². The summed E-state index contributed by atoms with van der Waals surface area (Å²) in [5.74, 6) is 0.918. The number of anilines is 1. The Morgan fingerprint density at radius 2 is 2.05 bits per heavy atom.